The van der Waals surface area contributed by atoms with Crippen LogP contribution in [0.15, 0.2) is 84.0 Å². The minimum atomic E-state index is -0.147. The maximum absolute atomic E-state index is 4.74. The molecule has 0 atom stereocenters. The highest BCUT2D eigenvalue weighted by atomic mass is 14.8. The highest BCUT2D eigenvalue weighted by Gasteiger charge is 2.37. The van der Waals surface area contributed by atoms with Gasteiger partial charge in [-0.2, -0.15) is 0 Å². The Morgan fingerprint density at radius 1 is 0.786 bits per heavy atom. The second-order valence-corrected chi connectivity index (χ2v) is 8.01. The molecule has 1 nitrogen and oxygen atoms in total. The third-order valence-electron chi connectivity index (χ3n) is 6.16. The Hall–Kier alpha value is -3.19. The van der Waals surface area contributed by atoms with E-state index in [4.69, 9.17) is 4.99 Å². The quantitative estimate of drug-likeness (QED) is 0.260. The Labute approximate surface area is 165 Å². The molecule has 28 heavy (non-hydrogen) atoms. The van der Waals surface area contributed by atoms with Crippen LogP contribution in [0.1, 0.15) is 31.9 Å². The molecule has 1 aliphatic carbocycles. The van der Waals surface area contributed by atoms with Crippen LogP contribution in [0.25, 0.3) is 37.9 Å². The predicted molar refractivity (Wildman–Crippen MR) is 123 cm³/mol. The first-order valence-corrected chi connectivity index (χ1v) is 9.82. The molecule has 0 saturated carbocycles. The summed E-state index contributed by atoms with van der Waals surface area (Å²) in [4.78, 5) is 4.74. The van der Waals surface area contributed by atoms with Gasteiger partial charge in [0.15, 0.2) is 0 Å². The lowest BCUT2D eigenvalue weighted by atomic mass is 9.82. The normalized spacial score (nSPS) is 15.8. The van der Waals surface area contributed by atoms with Gasteiger partial charge < -0.3 is 0 Å². The number of benzene rings is 4. The van der Waals surface area contributed by atoms with Gasteiger partial charge in [0.05, 0.1) is 5.70 Å². The number of rotatable bonds is 2. The highest BCUT2D eigenvalue weighted by molar-refractivity contribution is 6.26. The summed E-state index contributed by atoms with van der Waals surface area (Å²) in [6, 6.07) is 22.2. The van der Waals surface area contributed by atoms with Crippen LogP contribution in [0.3, 0.4) is 0 Å². The Balaban J connectivity index is 2.01. The van der Waals surface area contributed by atoms with Crippen molar-refractivity contribution < 1.29 is 0 Å². The van der Waals surface area contributed by atoms with Gasteiger partial charge in [0.25, 0.3) is 0 Å². The summed E-state index contributed by atoms with van der Waals surface area (Å²) in [5, 5.41) is 7.83. The number of fused-ring (bicyclic) bond motifs is 7. The number of hydrogen-bond donors (Lipinski definition) is 0. The summed E-state index contributed by atoms with van der Waals surface area (Å²) in [6.07, 6.45) is 3.85. The lowest BCUT2D eigenvalue weighted by Crippen LogP contribution is -2.16. The van der Waals surface area contributed by atoms with Crippen LogP contribution >= 0.6 is 0 Å². The van der Waals surface area contributed by atoms with Gasteiger partial charge in [-0.15, -0.1) is 0 Å². The van der Waals surface area contributed by atoms with Crippen molar-refractivity contribution in [3.05, 3.63) is 90.1 Å². The summed E-state index contributed by atoms with van der Waals surface area (Å²) in [5.74, 6) is 0. The Bertz CT molecular complexity index is 1350. The predicted octanol–water partition coefficient (Wildman–Crippen LogP) is 7.43. The van der Waals surface area contributed by atoms with Gasteiger partial charge in [-0.1, -0.05) is 75.0 Å². The fourth-order valence-corrected chi connectivity index (χ4v) is 4.85. The van der Waals surface area contributed by atoms with Crippen molar-refractivity contribution in [3.63, 3.8) is 0 Å². The molecule has 5 rings (SSSR count). The molecule has 0 heterocycles. The average Bonchev–Trinajstić information content (AvgIpc) is 2.93. The lowest BCUT2D eigenvalue weighted by Gasteiger charge is -2.22. The molecule has 0 unspecified atom stereocenters. The topological polar surface area (TPSA) is 12.4 Å². The number of nitrogens with zero attached hydrogens (tertiary/aromatic N) is 1. The second kappa shape index (κ2) is 5.90. The zero-order valence-electron chi connectivity index (χ0n) is 16.6. The Morgan fingerprint density at radius 2 is 1.29 bits per heavy atom. The van der Waals surface area contributed by atoms with Crippen LogP contribution in [0, 0.1) is 0 Å². The monoisotopic (exact) mass is 361 g/mol. The van der Waals surface area contributed by atoms with Crippen LogP contribution in [0.5, 0.6) is 0 Å². The molecule has 4 aromatic carbocycles. The first-order chi connectivity index (χ1) is 13.6. The van der Waals surface area contributed by atoms with E-state index in [0.717, 1.165) is 11.3 Å². The summed E-state index contributed by atoms with van der Waals surface area (Å²) >= 11 is 0. The van der Waals surface area contributed by atoms with E-state index >= 15 is 0 Å². The molecule has 136 valence electrons. The second-order valence-electron chi connectivity index (χ2n) is 8.01. The van der Waals surface area contributed by atoms with Gasteiger partial charge in [0.2, 0.25) is 0 Å². The molecule has 1 heteroatoms. The molecule has 0 saturated heterocycles. The van der Waals surface area contributed by atoms with Crippen molar-refractivity contribution in [2.45, 2.75) is 26.2 Å². The van der Waals surface area contributed by atoms with E-state index in [9.17, 15) is 0 Å². The number of hydrogen-bond acceptors (Lipinski definition) is 1. The standard InChI is InChI=1S/C27H23N/c1-5-17-24-15-22-20-13-9-7-11-18(20)19-12-8-10-14-21(19)23(22)16-25(24)27(3,4)26(17)28-6-2/h5-16H,1H2,2-4H3/b28-6-. The van der Waals surface area contributed by atoms with Crippen molar-refractivity contribution >= 4 is 44.1 Å². The zero-order valence-corrected chi connectivity index (χ0v) is 16.6. The van der Waals surface area contributed by atoms with Gasteiger partial charge in [-0.25, -0.2) is 0 Å². The molecular weight excluding hydrogens is 338 g/mol. The summed E-state index contributed by atoms with van der Waals surface area (Å²) in [7, 11) is 0. The maximum Gasteiger partial charge on any atom is 0.0577 e. The zero-order chi connectivity index (χ0) is 19.5. The van der Waals surface area contributed by atoms with Crippen molar-refractivity contribution in [1.82, 2.24) is 0 Å². The molecule has 1 aliphatic rings. The molecule has 0 aliphatic heterocycles. The van der Waals surface area contributed by atoms with Crippen LogP contribution in [0.2, 0.25) is 0 Å². The fraction of sp³-hybridized carbons (Fsp3) is 0.148. The maximum atomic E-state index is 4.74. The van der Waals surface area contributed by atoms with Gasteiger partial charge >= 0.3 is 0 Å². The number of allylic oxidation sites excluding steroid dienone is 3. The van der Waals surface area contributed by atoms with Crippen LogP contribution < -0.4 is 0 Å². The van der Waals surface area contributed by atoms with Crippen molar-refractivity contribution in [3.8, 4) is 0 Å². The molecule has 0 N–H and O–H groups in total. The SMILES string of the molecule is C=CC1=C(/N=C\C)C(C)(C)c2cc3c4ccccc4c4ccccc4c3cc21. The third-order valence-corrected chi connectivity index (χ3v) is 6.16. The lowest BCUT2D eigenvalue weighted by molar-refractivity contribution is 0.633. The smallest absolute Gasteiger partial charge is 0.0577 e. The first kappa shape index (κ1) is 16.9. The third kappa shape index (κ3) is 2.10. The van der Waals surface area contributed by atoms with Gasteiger partial charge in [-0.05, 0) is 62.5 Å². The molecule has 4 aromatic rings. The van der Waals surface area contributed by atoms with Crippen molar-refractivity contribution in [2.24, 2.45) is 4.99 Å². The Morgan fingerprint density at radius 3 is 1.79 bits per heavy atom. The average molecular weight is 361 g/mol. The molecular formula is C27H23N. The molecule has 0 spiro atoms. The van der Waals surface area contributed by atoms with E-state index < -0.39 is 0 Å². The largest absolute Gasteiger partial charge is 0.264 e. The number of aliphatic imine (C=N–C) groups is 1. The van der Waals surface area contributed by atoms with Gasteiger partial charge in [-0.3, -0.25) is 4.99 Å². The van der Waals surface area contributed by atoms with E-state index in [1.807, 2.05) is 19.2 Å². The molecule has 0 aromatic heterocycles. The van der Waals surface area contributed by atoms with Gasteiger partial charge in [0.1, 0.15) is 0 Å². The molecule has 0 radical (unpaired) electrons. The van der Waals surface area contributed by atoms with Crippen molar-refractivity contribution in [1.29, 1.82) is 0 Å². The minimum Gasteiger partial charge on any atom is -0.264 e. The minimum absolute atomic E-state index is 0.147. The van der Waals surface area contributed by atoms with Crippen LogP contribution in [0.4, 0.5) is 0 Å². The summed E-state index contributed by atoms with van der Waals surface area (Å²) in [6.45, 7) is 10.6. The van der Waals surface area contributed by atoms with Crippen LogP contribution in [-0.2, 0) is 5.41 Å². The molecule has 0 amide bonds. The van der Waals surface area contributed by atoms with E-state index in [0.29, 0.717) is 0 Å². The Kier molecular flexibility index (Phi) is 3.57. The molecule has 0 bridgehead atoms. The first-order valence-electron chi connectivity index (χ1n) is 9.82. The van der Waals surface area contributed by atoms with Gasteiger partial charge in [0, 0.05) is 17.2 Å². The van der Waals surface area contributed by atoms with E-state index in [-0.39, 0.29) is 5.41 Å². The van der Waals surface area contributed by atoms with E-state index in [2.05, 4.69) is 81.1 Å². The summed E-state index contributed by atoms with van der Waals surface area (Å²) in [5.41, 5.74) is 4.69. The van der Waals surface area contributed by atoms with E-state index in [1.165, 1.54) is 43.4 Å². The summed E-state index contributed by atoms with van der Waals surface area (Å²) < 4.78 is 0. The van der Waals surface area contributed by atoms with Crippen LogP contribution in [-0.4, -0.2) is 6.21 Å². The fourth-order valence-electron chi connectivity index (χ4n) is 4.85. The molecule has 0 fully saturated rings. The van der Waals surface area contributed by atoms with E-state index in [1.54, 1.807) is 0 Å². The highest BCUT2D eigenvalue weighted by Crippen LogP contribution is 2.49. The van der Waals surface area contributed by atoms with Crippen molar-refractivity contribution in [2.75, 3.05) is 0 Å².